The zero-order valence-corrected chi connectivity index (χ0v) is 57.0. The van der Waals surface area contributed by atoms with Gasteiger partial charge < -0.3 is 33.8 Å². The van der Waals surface area contributed by atoms with Crippen molar-refractivity contribution in [1.82, 2.24) is 0 Å². The summed E-state index contributed by atoms with van der Waals surface area (Å²) in [5.74, 6) is 0.751. The van der Waals surface area contributed by atoms with Gasteiger partial charge in [-0.15, -0.1) is 0 Å². The van der Waals surface area contributed by atoms with Crippen molar-refractivity contribution in [3.05, 3.63) is 0 Å². The van der Waals surface area contributed by atoms with E-state index in [0.717, 1.165) is 114 Å². The van der Waals surface area contributed by atoms with E-state index in [1.165, 1.54) is 116 Å². The number of esters is 4. The van der Waals surface area contributed by atoms with Gasteiger partial charge in [0, 0.05) is 25.7 Å². The fourth-order valence-corrected chi connectivity index (χ4v) is 11.4. The second-order valence-electron chi connectivity index (χ2n) is 25.8. The van der Waals surface area contributed by atoms with Gasteiger partial charge in [0.05, 0.1) is 26.4 Å². The number of carbonyl (C=O) groups is 4. The van der Waals surface area contributed by atoms with Crippen molar-refractivity contribution in [3.8, 4) is 0 Å². The van der Waals surface area contributed by atoms with Crippen molar-refractivity contribution in [2.45, 2.75) is 337 Å². The van der Waals surface area contributed by atoms with Crippen LogP contribution in [0.25, 0.3) is 0 Å². The number of unbranched alkanes of at least 4 members (excludes halogenated alkanes) is 29. The van der Waals surface area contributed by atoms with E-state index in [1.807, 2.05) is 0 Å². The molecule has 0 radical (unpaired) electrons. The van der Waals surface area contributed by atoms with Gasteiger partial charge >= 0.3 is 39.5 Å². The standard InChI is InChI=1S/C66H128O17P2/c1-56(2)42-34-26-18-12-10-9-11-13-22-32-40-48-65(70)82-61(52-76-63(68)46-38-30-21-16-14-19-27-35-43-57(3)4)54-80-84(72,73)78-50-60(67)51-79-85(74,75)81-55-62(53-77-64(69)47-39-31-25-24-29-37-45-59(7)8)83-66(71)49-41-33-23-17-15-20-28-36-44-58(5)6/h56-62,67H,9-55H2,1-8H3,(H,72,73)(H,74,75)/t60?,61-,62-/m1/s1. The molecule has 0 aliphatic heterocycles. The summed E-state index contributed by atoms with van der Waals surface area (Å²) in [6.45, 7) is 14.0. The first-order valence-electron chi connectivity index (χ1n) is 34.2. The molecule has 3 N–H and O–H groups in total. The van der Waals surface area contributed by atoms with Crippen molar-refractivity contribution in [2.24, 2.45) is 23.7 Å². The lowest BCUT2D eigenvalue weighted by Crippen LogP contribution is -2.30. The molecule has 0 aliphatic rings. The number of ether oxygens (including phenoxy) is 4. The Morgan fingerprint density at radius 2 is 0.494 bits per heavy atom. The smallest absolute Gasteiger partial charge is 0.462 e. The first-order chi connectivity index (χ1) is 40.6. The Balaban J connectivity index is 5.25. The van der Waals surface area contributed by atoms with Gasteiger partial charge in [-0.3, -0.25) is 37.3 Å². The van der Waals surface area contributed by atoms with Crippen LogP contribution in [-0.4, -0.2) is 96.7 Å². The van der Waals surface area contributed by atoms with Crippen LogP contribution in [0.1, 0.15) is 319 Å². The molecule has 5 atom stereocenters. The minimum atomic E-state index is -4.95. The Labute approximate surface area is 517 Å². The fourth-order valence-electron chi connectivity index (χ4n) is 9.78. The number of hydrogen-bond donors (Lipinski definition) is 3. The lowest BCUT2D eigenvalue weighted by molar-refractivity contribution is -0.161. The maximum absolute atomic E-state index is 13.0. The summed E-state index contributed by atoms with van der Waals surface area (Å²) in [6, 6.07) is 0. The van der Waals surface area contributed by atoms with E-state index in [-0.39, 0.29) is 25.7 Å². The Morgan fingerprint density at radius 1 is 0.294 bits per heavy atom. The molecule has 0 saturated carbocycles. The molecule has 0 aromatic heterocycles. The normalized spacial score (nSPS) is 14.4. The number of rotatable bonds is 63. The van der Waals surface area contributed by atoms with Gasteiger partial charge in [-0.05, 0) is 49.4 Å². The number of aliphatic hydroxyl groups excluding tert-OH is 1. The SMILES string of the molecule is CC(C)CCCCCCCCCCCCCC(=O)O[C@H](COC(=O)CCCCCCCCCCC(C)C)COP(=O)(O)OCC(O)COP(=O)(O)OC[C@@H](COC(=O)CCCCCCCCC(C)C)OC(=O)CCCCCCCCCCC(C)C. The summed E-state index contributed by atoms with van der Waals surface area (Å²) in [5.41, 5.74) is 0. The summed E-state index contributed by atoms with van der Waals surface area (Å²) >= 11 is 0. The Morgan fingerprint density at radius 3 is 0.729 bits per heavy atom. The summed E-state index contributed by atoms with van der Waals surface area (Å²) < 4.78 is 68.1. The maximum atomic E-state index is 13.0. The molecule has 85 heavy (non-hydrogen) atoms. The Kier molecular flexibility index (Phi) is 54.8. The van der Waals surface area contributed by atoms with Crippen LogP contribution in [0.3, 0.4) is 0 Å². The van der Waals surface area contributed by atoms with Crippen LogP contribution >= 0.6 is 15.6 Å². The molecule has 0 aliphatic carbocycles. The van der Waals surface area contributed by atoms with Crippen LogP contribution in [0.4, 0.5) is 0 Å². The van der Waals surface area contributed by atoms with E-state index >= 15 is 0 Å². The summed E-state index contributed by atoms with van der Waals surface area (Å²) in [7, 11) is -9.89. The first-order valence-corrected chi connectivity index (χ1v) is 37.2. The van der Waals surface area contributed by atoms with Crippen LogP contribution < -0.4 is 0 Å². The largest absolute Gasteiger partial charge is 0.472 e. The molecule has 0 rings (SSSR count). The van der Waals surface area contributed by atoms with E-state index < -0.39 is 97.5 Å². The minimum Gasteiger partial charge on any atom is -0.462 e. The highest BCUT2D eigenvalue weighted by atomic mass is 31.2. The molecule has 0 bridgehead atoms. The van der Waals surface area contributed by atoms with Crippen molar-refractivity contribution in [1.29, 1.82) is 0 Å². The van der Waals surface area contributed by atoms with Gasteiger partial charge in [-0.2, -0.15) is 0 Å². The predicted molar refractivity (Wildman–Crippen MR) is 340 cm³/mol. The van der Waals surface area contributed by atoms with Crippen molar-refractivity contribution >= 4 is 39.5 Å². The van der Waals surface area contributed by atoms with Crippen LogP contribution in [0.15, 0.2) is 0 Å². The van der Waals surface area contributed by atoms with E-state index in [2.05, 4.69) is 55.4 Å². The van der Waals surface area contributed by atoms with E-state index in [0.29, 0.717) is 31.6 Å². The molecular formula is C66H128O17P2. The van der Waals surface area contributed by atoms with Crippen molar-refractivity contribution in [3.63, 3.8) is 0 Å². The number of aliphatic hydroxyl groups is 1. The van der Waals surface area contributed by atoms with Gasteiger partial charge in [0.1, 0.15) is 19.3 Å². The third kappa shape index (κ3) is 60.7. The second kappa shape index (κ2) is 56.1. The van der Waals surface area contributed by atoms with Crippen LogP contribution in [0.2, 0.25) is 0 Å². The third-order valence-corrected chi connectivity index (χ3v) is 17.0. The van der Waals surface area contributed by atoms with Gasteiger partial charge in [0.15, 0.2) is 12.2 Å². The quantitative estimate of drug-likeness (QED) is 0.0222. The number of phosphoric acid groups is 2. The molecule has 0 aromatic rings. The Bertz CT molecular complexity index is 1700. The maximum Gasteiger partial charge on any atom is 0.472 e. The molecule has 3 unspecified atom stereocenters. The molecule has 0 fully saturated rings. The number of carbonyl (C=O) groups excluding carboxylic acids is 4. The molecular weight excluding hydrogens is 1130 g/mol. The lowest BCUT2D eigenvalue weighted by Gasteiger charge is -2.21. The topological polar surface area (TPSA) is 237 Å². The zero-order valence-electron chi connectivity index (χ0n) is 55.2. The van der Waals surface area contributed by atoms with Gasteiger partial charge in [-0.1, -0.05) is 267 Å². The Hall–Kier alpha value is -1.94. The third-order valence-electron chi connectivity index (χ3n) is 15.1. The second-order valence-corrected chi connectivity index (χ2v) is 28.7. The highest BCUT2D eigenvalue weighted by Crippen LogP contribution is 2.45. The van der Waals surface area contributed by atoms with Crippen molar-refractivity contribution < 1.29 is 80.2 Å². The molecule has 504 valence electrons. The molecule has 0 heterocycles. The van der Waals surface area contributed by atoms with Crippen molar-refractivity contribution in [2.75, 3.05) is 39.6 Å². The highest BCUT2D eigenvalue weighted by molar-refractivity contribution is 7.47. The van der Waals surface area contributed by atoms with Gasteiger partial charge in [0.25, 0.3) is 0 Å². The molecule has 0 saturated heterocycles. The first kappa shape index (κ1) is 83.1. The molecule has 19 heteroatoms. The van der Waals surface area contributed by atoms with E-state index in [9.17, 15) is 43.2 Å². The number of phosphoric ester groups is 2. The molecule has 0 amide bonds. The average Bonchev–Trinajstić information content (AvgIpc) is 3.55. The summed E-state index contributed by atoms with van der Waals surface area (Å²) in [5, 5.41) is 10.5. The molecule has 0 spiro atoms. The van der Waals surface area contributed by atoms with Gasteiger partial charge in [0.2, 0.25) is 0 Å². The van der Waals surface area contributed by atoms with E-state index in [4.69, 9.17) is 37.0 Å². The summed E-state index contributed by atoms with van der Waals surface area (Å²) in [4.78, 5) is 72.3. The van der Waals surface area contributed by atoms with Gasteiger partial charge in [-0.25, -0.2) is 9.13 Å². The lowest BCUT2D eigenvalue weighted by atomic mass is 10.0. The molecule has 0 aromatic carbocycles. The van der Waals surface area contributed by atoms with Crippen LogP contribution in [0, 0.1) is 23.7 Å². The highest BCUT2D eigenvalue weighted by Gasteiger charge is 2.30. The predicted octanol–water partition coefficient (Wildman–Crippen LogP) is 18.1. The zero-order chi connectivity index (χ0) is 63.2. The van der Waals surface area contributed by atoms with E-state index in [1.54, 1.807) is 0 Å². The van der Waals surface area contributed by atoms with Crippen LogP contribution in [0.5, 0.6) is 0 Å². The molecule has 17 nitrogen and oxygen atoms in total. The minimum absolute atomic E-state index is 0.103. The average molecular weight is 1260 g/mol. The number of hydrogen-bond acceptors (Lipinski definition) is 15. The summed E-state index contributed by atoms with van der Waals surface area (Å²) in [6.07, 6.45) is 36.4. The monoisotopic (exact) mass is 1250 g/mol. The fraction of sp³-hybridized carbons (Fsp3) is 0.939. The van der Waals surface area contributed by atoms with Crippen LogP contribution in [-0.2, 0) is 65.4 Å².